The van der Waals surface area contributed by atoms with Gasteiger partial charge in [-0.25, -0.2) is 0 Å². The maximum absolute atomic E-state index is 13.1. The molecular weight excluding hydrogens is 498 g/mol. The van der Waals surface area contributed by atoms with Gasteiger partial charge in [0.25, 0.3) is 0 Å². The fourth-order valence-corrected chi connectivity index (χ4v) is 8.72. The standard InChI is InChI=1S/C27H42F6O2Si/c1-23(2,35-36(5,6)7)15-10-17-24(3,16-9-12-22(26(28,29)30)27(31,32)33)21-14-13-19-20(34)11-8-18-25(19,21)4/h19,21-22H,8,10-11,13-18H2,1-7H3/t19?,21-,24+,25+/m1/s1. The zero-order chi connectivity index (χ0) is 27.8. The number of carbonyl (C=O) groups excluding carboxylic acids is 1. The molecule has 0 saturated heterocycles. The molecule has 2 nitrogen and oxygen atoms in total. The number of hydrogen-bond donors (Lipinski definition) is 0. The lowest BCUT2D eigenvalue weighted by atomic mass is 9.56. The topological polar surface area (TPSA) is 26.3 Å². The third-order valence-electron chi connectivity index (χ3n) is 8.21. The molecule has 1 unspecified atom stereocenters. The van der Waals surface area contributed by atoms with Crippen molar-refractivity contribution in [3.05, 3.63) is 0 Å². The minimum absolute atomic E-state index is 0.00444. The Bertz CT molecular complexity index is 834. The highest BCUT2D eigenvalue weighted by molar-refractivity contribution is 6.69. The van der Waals surface area contributed by atoms with E-state index in [0.717, 1.165) is 32.1 Å². The van der Waals surface area contributed by atoms with Crippen molar-refractivity contribution in [1.82, 2.24) is 0 Å². The van der Waals surface area contributed by atoms with Crippen LogP contribution < -0.4 is 0 Å². The van der Waals surface area contributed by atoms with Gasteiger partial charge >= 0.3 is 12.4 Å². The van der Waals surface area contributed by atoms with E-state index in [0.29, 0.717) is 19.3 Å². The zero-order valence-electron chi connectivity index (χ0n) is 22.7. The van der Waals surface area contributed by atoms with Crippen LogP contribution in [0.25, 0.3) is 0 Å². The molecule has 2 rings (SSSR count). The highest BCUT2D eigenvalue weighted by atomic mass is 28.4. The van der Waals surface area contributed by atoms with Gasteiger partial charge in [-0.1, -0.05) is 26.2 Å². The highest BCUT2D eigenvalue weighted by Crippen LogP contribution is 2.61. The molecule has 0 amide bonds. The van der Waals surface area contributed by atoms with Gasteiger partial charge in [-0.2, -0.15) is 26.3 Å². The van der Waals surface area contributed by atoms with Gasteiger partial charge in [0, 0.05) is 18.8 Å². The van der Waals surface area contributed by atoms with Gasteiger partial charge in [0.2, 0.25) is 5.92 Å². The molecule has 2 saturated carbocycles. The summed E-state index contributed by atoms with van der Waals surface area (Å²) in [6, 6.07) is 0. The molecule has 0 aromatic rings. The molecular formula is C27H42F6O2Si. The van der Waals surface area contributed by atoms with Gasteiger partial charge in [0.15, 0.2) is 8.32 Å². The zero-order valence-corrected chi connectivity index (χ0v) is 23.7. The number of hydrogen-bond acceptors (Lipinski definition) is 2. The maximum atomic E-state index is 13.1. The van der Waals surface area contributed by atoms with Crippen molar-refractivity contribution in [1.29, 1.82) is 0 Å². The molecule has 0 N–H and O–H groups in total. The summed E-state index contributed by atoms with van der Waals surface area (Å²) < 4.78 is 84.7. The van der Waals surface area contributed by atoms with Crippen molar-refractivity contribution in [3.63, 3.8) is 0 Å². The Morgan fingerprint density at radius 2 is 1.61 bits per heavy atom. The molecule has 4 atom stereocenters. The van der Waals surface area contributed by atoms with Crippen LogP contribution >= 0.6 is 0 Å². The van der Waals surface area contributed by atoms with Gasteiger partial charge in [0.1, 0.15) is 5.78 Å². The molecule has 0 spiro atoms. The van der Waals surface area contributed by atoms with Crippen molar-refractivity contribution in [3.8, 4) is 11.8 Å². The van der Waals surface area contributed by atoms with E-state index in [1.165, 1.54) is 5.92 Å². The minimum Gasteiger partial charge on any atom is -0.413 e. The lowest BCUT2D eigenvalue weighted by Gasteiger charge is -2.48. The molecule has 208 valence electrons. The Morgan fingerprint density at radius 1 is 1.03 bits per heavy atom. The molecule has 0 aromatic heterocycles. The second kappa shape index (κ2) is 10.6. The number of alkyl halides is 6. The van der Waals surface area contributed by atoms with Crippen molar-refractivity contribution in [2.75, 3.05) is 0 Å². The summed E-state index contributed by atoms with van der Waals surface area (Å²) in [5, 5.41) is 0. The second-order valence-electron chi connectivity index (χ2n) is 13.0. The van der Waals surface area contributed by atoms with Crippen LogP contribution in [0.5, 0.6) is 0 Å². The van der Waals surface area contributed by atoms with Crippen molar-refractivity contribution >= 4 is 14.1 Å². The SMILES string of the molecule is CC(C)(CCC[C@](C)(CC#CC(C(F)(F)F)C(F)(F)F)[C@H]1CCC2C(=O)CCC[C@@]21C)O[Si](C)(C)C. The van der Waals surface area contributed by atoms with Crippen molar-refractivity contribution in [2.45, 2.75) is 123 Å². The van der Waals surface area contributed by atoms with E-state index in [-0.39, 0.29) is 35.1 Å². The normalized spacial score (nSPS) is 27.4. The number of carbonyl (C=O) groups is 1. The molecule has 0 heterocycles. The van der Waals surface area contributed by atoms with Crippen LogP contribution in [-0.4, -0.2) is 32.1 Å². The van der Waals surface area contributed by atoms with Gasteiger partial charge in [0.05, 0.1) is 5.60 Å². The average molecular weight is 541 g/mol. The number of Topliss-reactive ketones (excluding diaryl/α,β-unsaturated/α-hetero) is 1. The quantitative estimate of drug-likeness (QED) is 0.175. The number of halogens is 6. The number of fused-ring (bicyclic) bond motifs is 1. The molecule has 2 aliphatic rings. The molecule has 36 heavy (non-hydrogen) atoms. The summed E-state index contributed by atoms with van der Waals surface area (Å²) in [5.74, 6) is 0.349. The summed E-state index contributed by atoms with van der Waals surface area (Å²) >= 11 is 0. The van der Waals surface area contributed by atoms with Gasteiger partial charge < -0.3 is 4.43 Å². The third kappa shape index (κ3) is 7.75. The smallest absolute Gasteiger partial charge is 0.411 e. The van der Waals surface area contributed by atoms with E-state index >= 15 is 0 Å². The first kappa shape index (κ1) is 31.2. The number of rotatable bonds is 8. The van der Waals surface area contributed by atoms with Gasteiger partial charge in [-0.05, 0) is 88.8 Å². The van der Waals surface area contributed by atoms with Crippen LogP contribution in [0.1, 0.15) is 85.5 Å². The van der Waals surface area contributed by atoms with Crippen molar-refractivity contribution < 1.29 is 35.6 Å². The van der Waals surface area contributed by atoms with E-state index in [1.807, 2.05) is 20.8 Å². The second-order valence-corrected chi connectivity index (χ2v) is 17.4. The fourth-order valence-electron chi connectivity index (χ4n) is 6.96. The first-order chi connectivity index (χ1) is 16.1. The molecule has 9 heteroatoms. The Morgan fingerprint density at radius 3 is 2.14 bits per heavy atom. The van der Waals surface area contributed by atoms with Crippen LogP contribution in [0.4, 0.5) is 26.3 Å². The molecule has 2 fully saturated rings. The summed E-state index contributed by atoms with van der Waals surface area (Å²) in [6.45, 7) is 14.4. The van der Waals surface area contributed by atoms with Crippen molar-refractivity contribution in [2.24, 2.45) is 28.6 Å². The van der Waals surface area contributed by atoms with E-state index in [9.17, 15) is 31.1 Å². The first-order valence-electron chi connectivity index (χ1n) is 13.0. The molecule has 0 radical (unpaired) electrons. The van der Waals surface area contributed by atoms with E-state index in [4.69, 9.17) is 4.43 Å². The molecule has 0 aromatic carbocycles. The lowest BCUT2D eigenvalue weighted by Crippen LogP contribution is -2.44. The summed E-state index contributed by atoms with van der Waals surface area (Å²) in [6.07, 6.45) is -5.35. The predicted molar refractivity (Wildman–Crippen MR) is 132 cm³/mol. The predicted octanol–water partition coefficient (Wildman–Crippen LogP) is 8.71. The van der Waals surface area contributed by atoms with Gasteiger partial charge in [-0.15, -0.1) is 5.92 Å². The van der Waals surface area contributed by atoms with Crippen LogP contribution in [-0.2, 0) is 9.22 Å². The Kier molecular flexibility index (Phi) is 9.21. The van der Waals surface area contributed by atoms with Gasteiger partial charge in [-0.3, -0.25) is 4.79 Å². The average Bonchev–Trinajstić information content (AvgIpc) is 3.00. The van der Waals surface area contributed by atoms with E-state index in [1.54, 1.807) is 0 Å². The highest BCUT2D eigenvalue weighted by Gasteiger charge is 2.57. The lowest BCUT2D eigenvalue weighted by molar-refractivity contribution is -0.264. The first-order valence-corrected chi connectivity index (χ1v) is 16.4. The van der Waals surface area contributed by atoms with E-state index < -0.39 is 32.0 Å². The summed E-state index contributed by atoms with van der Waals surface area (Å²) in [4.78, 5) is 12.7. The maximum Gasteiger partial charge on any atom is 0.411 e. The largest absolute Gasteiger partial charge is 0.413 e. The van der Waals surface area contributed by atoms with Crippen LogP contribution in [0.3, 0.4) is 0 Å². The minimum atomic E-state index is -5.47. The van der Waals surface area contributed by atoms with Crippen LogP contribution in [0.15, 0.2) is 0 Å². The fraction of sp³-hybridized carbons (Fsp3) is 0.889. The Labute approximate surface area is 213 Å². The third-order valence-corrected chi connectivity index (χ3v) is 9.37. The van der Waals surface area contributed by atoms with Crippen LogP contribution in [0, 0.1) is 40.4 Å². The van der Waals surface area contributed by atoms with Crippen LogP contribution in [0.2, 0.25) is 19.6 Å². The Balaban J connectivity index is 2.33. The molecule has 2 aliphatic carbocycles. The summed E-state index contributed by atoms with van der Waals surface area (Å²) in [5.41, 5.74) is -1.29. The monoisotopic (exact) mass is 540 g/mol. The van der Waals surface area contributed by atoms with E-state index in [2.05, 4.69) is 32.5 Å². The summed E-state index contributed by atoms with van der Waals surface area (Å²) in [7, 11) is -1.80. The Hall–Kier alpha value is -1.01. The number of ketones is 1. The molecule has 0 aliphatic heterocycles. The molecule has 0 bridgehead atoms.